The molecule has 2 rings (SSSR count). The lowest BCUT2D eigenvalue weighted by Gasteiger charge is -2.14. The zero-order valence-electron chi connectivity index (χ0n) is 13.8. The quantitative estimate of drug-likeness (QED) is 0.619. The predicted molar refractivity (Wildman–Crippen MR) is 100 cm³/mol. The average molecular weight is 418 g/mol. The number of carbonyl (C=O) groups is 1. The fourth-order valence-electron chi connectivity index (χ4n) is 2.10. The molecular weight excluding hydrogens is 401 g/mol. The first kappa shape index (κ1) is 20.1. The Hall–Kier alpha value is -2.24. The van der Waals surface area contributed by atoms with Crippen molar-refractivity contribution in [3.63, 3.8) is 0 Å². The molecule has 1 aromatic carbocycles. The molecule has 2 aromatic rings. The standard InChI is InChI=1S/C15H16FN3O4S3/c1-8(12-5-6-13(25-12)26(21,22)19-15(17)24)18-14(20)10-7-9(16)3-4-11(10)23-2/h3-8H,1-2H3,(H,18,20)(H3,17,19,24). The van der Waals surface area contributed by atoms with Crippen LogP contribution in [0.4, 0.5) is 4.39 Å². The van der Waals surface area contributed by atoms with Crippen LogP contribution in [0.2, 0.25) is 0 Å². The largest absolute Gasteiger partial charge is 0.496 e. The summed E-state index contributed by atoms with van der Waals surface area (Å²) in [5.41, 5.74) is 5.24. The molecule has 0 aliphatic rings. The van der Waals surface area contributed by atoms with E-state index in [9.17, 15) is 17.6 Å². The second-order valence-electron chi connectivity index (χ2n) is 5.17. The molecule has 0 saturated heterocycles. The molecule has 1 unspecified atom stereocenters. The van der Waals surface area contributed by atoms with Crippen LogP contribution >= 0.6 is 23.6 Å². The van der Waals surface area contributed by atoms with E-state index in [0.29, 0.717) is 4.88 Å². The number of hydrogen-bond acceptors (Lipinski definition) is 6. The number of halogens is 1. The maximum absolute atomic E-state index is 13.4. The number of thiophene rings is 1. The van der Waals surface area contributed by atoms with Crippen molar-refractivity contribution in [1.29, 1.82) is 0 Å². The third-order valence-corrected chi connectivity index (χ3v) is 6.64. The van der Waals surface area contributed by atoms with Gasteiger partial charge in [-0.1, -0.05) is 0 Å². The highest BCUT2D eigenvalue weighted by Crippen LogP contribution is 2.27. The van der Waals surface area contributed by atoms with Crippen LogP contribution in [-0.4, -0.2) is 26.5 Å². The van der Waals surface area contributed by atoms with Gasteiger partial charge in [0.15, 0.2) is 5.11 Å². The minimum absolute atomic E-state index is 0.00438. The summed E-state index contributed by atoms with van der Waals surface area (Å²) in [5, 5.41) is 2.32. The molecular formula is C15H16FN3O4S3. The zero-order chi connectivity index (χ0) is 19.5. The fraction of sp³-hybridized carbons (Fsp3) is 0.200. The molecule has 140 valence electrons. The number of carbonyl (C=O) groups excluding carboxylic acids is 1. The Morgan fingerprint density at radius 3 is 2.65 bits per heavy atom. The van der Waals surface area contributed by atoms with E-state index in [-0.39, 0.29) is 20.6 Å². The van der Waals surface area contributed by atoms with Gasteiger partial charge in [0.05, 0.1) is 18.7 Å². The first-order valence-corrected chi connectivity index (χ1v) is 9.91. The van der Waals surface area contributed by atoms with Crippen LogP contribution < -0.4 is 20.5 Å². The van der Waals surface area contributed by atoms with Gasteiger partial charge in [-0.2, -0.15) is 0 Å². The number of ether oxygens (including phenoxy) is 1. The summed E-state index contributed by atoms with van der Waals surface area (Å²) in [6.45, 7) is 1.67. The number of benzene rings is 1. The predicted octanol–water partition coefficient (Wildman–Crippen LogP) is 1.91. The van der Waals surface area contributed by atoms with Gasteiger partial charge < -0.3 is 15.8 Å². The van der Waals surface area contributed by atoms with Gasteiger partial charge in [-0.15, -0.1) is 11.3 Å². The van der Waals surface area contributed by atoms with Crippen LogP contribution in [0.15, 0.2) is 34.5 Å². The molecule has 0 aliphatic heterocycles. The summed E-state index contributed by atoms with van der Waals surface area (Å²) in [4.78, 5) is 13.0. The van der Waals surface area contributed by atoms with Crippen LogP contribution in [0.25, 0.3) is 0 Å². The molecule has 1 heterocycles. The monoisotopic (exact) mass is 417 g/mol. The van der Waals surface area contributed by atoms with Crippen molar-refractivity contribution in [2.75, 3.05) is 7.11 Å². The number of methoxy groups -OCH3 is 1. The van der Waals surface area contributed by atoms with Crippen molar-refractivity contribution in [2.45, 2.75) is 17.2 Å². The molecule has 1 aromatic heterocycles. The van der Waals surface area contributed by atoms with Crippen molar-refractivity contribution in [2.24, 2.45) is 5.73 Å². The van der Waals surface area contributed by atoms with Crippen molar-refractivity contribution < 1.29 is 22.3 Å². The number of rotatable bonds is 6. The molecule has 0 fully saturated rings. The molecule has 7 nitrogen and oxygen atoms in total. The minimum atomic E-state index is -3.85. The van der Waals surface area contributed by atoms with Crippen LogP contribution in [0.3, 0.4) is 0 Å². The van der Waals surface area contributed by atoms with Crippen LogP contribution in [0, 0.1) is 5.82 Å². The molecule has 0 bridgehead atoms. The second-order valence-corrected chi connectivity index (χ2v) is 8.63. The molecule has 1 amide bonds. The van der Waals surface area contributed by atoms with Gasteiger partial charge in [-0.05, 0) is 49.5 Å². The van der Waals surface area contributed by atoms with Gasteiger partial charge in [0.2, 0.25) is 0 Å². The van der Waals surface area contributed by atoms with E-state index in [1.54, 1.807) is 13.0 Å². The summed E-state index contributed by atoms with van der Waals surface area (Å²) in [5.74, 6) is -0.893. The molecule has 0 spiro atoms. The Kier molecular flexibility index (Phi) is 6.16. The topological polar surface area (TPSA) is 111 Å². The van der Waals surface area contributed by atoms with Crippen LogP contribution in [0.5, 0.6) is 5.75 Å². The second kappa shape index (κ2) is 7.98. The smallest absolute Gasteiger partial charge is 0.273 e. The summed E-state index contributed by atoms with van der Waals surface area (Å²) >= 11 is 5.49. The van der Waals surface area contributed by atoms with Gasteiger partial charge in [-0.25, -0.2) is 12.8 Å². The van der Waals surface area contributed by atoms with E-state index in [1.165, 1.54) is 25.3 Å². The van der Waals surface area contributed by atoms with Gasteiger partial charge >= 0.3 is 0 Å². The van der Waals surface area contributed by atoms with E-state index in [4.69, 9.17) is 10.5 Å². The summed E-state index contributed by atoms with van der Waals surface area (Å²) in [6.07, 6.45) is 0. The number of thiocarbonyl (C=S) groups is 1. The number of nitrogens with one attached hydrogen (secondary N) is 2. The van der Waals surface area contributed by atoms with Gasteiger partial charge in [0.25, 0.3) is 15.9 Å². The summed E-state index contributed by atoms with van der Waals surface area (Å²) in [7, 11) is -2.48. The third kappa shape index (κ3) is 4.68. The number of sulfonamides is 1. The highest BCUT2D eigenvalue weighted by Gasteiger charge is 2.21. The zero-order valence-corrected chi connectivity index (χ0v) is 16.2. The normalized spacial score (nSPS) is 12.3. The third-order valence-electron chi connectivity index (χ3n) is 3.28. The van der Waals surface area contributed by atoms with Gasteiger partial charge in [-0.3, -0.25) is 9.52 Å². The maximum atomic E-state index is 13.4. The van der Waals surface area contributed by atoms with E-state index >= 15 is 0 Å². The summed E-state index contributed by atoms with van der Waals surface area (Å²) in [6, 6.07) is 6.03. The Balaban J connectivity index is 2.18. The Morgan fingerprint density at radius 2 is 2.04 bits per heavy atom. The molecule has 26 heavy (non-hydrogen) atoms. The highest BCUT2D eigenvalue weighted by atomic mass is 32.2. The van der Waals surface area contributed by atoms with Crippen LogP contribution in [-0.2, 0) is 10.0 Å². The number of nitrogens with two attached hydrogens (primary N) is 1. The first-order valence-electron chi connectivity index (χ1n) is 7.20. The molecule has 11 heteroatoms. The molecule has 0 saturated carbocycles. The molecule has 0 aliphatic carbocycles. The van der Waals surface area contributed by atoms with E-state index in [0.717, 1.165) is 17.4 Å². The minimum Gasteiger partial charge on any atom is -0.496 e. The summed E-state index contributed by atoms with van der Waals surface area (Å²) < 4.78 is 44.6. The van der Waals surface area contributed by atoms with Crippen molar-refractivity contribution in [3.8, 4) is 5.75 Å². The lowest BCUT2D eigenvalue weighted by atomic mass is 10.1. The van der Waals surface area contributed by atoms with E-state index in [2.05, 4.69) is 17.5 Å². The van der Waals surface area contributed by atoms with Gasteiger partial charge in [0.1, 0.15) is 15.8 Å². The van der Waals surface area contributed by atoms with Crippen LogP contribution in [0.1, 0.15) is 28.2 Å². The molecule has 1 atom stereocenters. The molecule has 4 N–H and O–H groups in total. The first-order chi connectivity index (χ1) is 12.1. The number of amides is 1. The van der Waals surface area contributed by atoms with Crippen molar-refractivity contribution in [3.05, 3.63) is 46.6 Å². The molecule has 0 radical (unpaired) electrons. The highest BCUT2D eigenvalue weighted by molar-refractivity contribution is 7.93. The lowest BCUT2D eigenvalue weighted by Crippen LogP contribution is -2.34. The lowest BCUT2D eigenvalue weighted by molar-refractivity contribution is 0.0937. The fourth-order valence-corrected chi connectivity index (χ4v) is 4.63. The Morgan fingerprint density at radius 1 is 1.35 bits per heavy atom. The SMILES string of the molecule is COc1ccc(F)cc1C(=O)NC(C)c1ccc(S(=O)(=O)NC(N)=S)s1. The average Bonchev–Trinajstić information content (AvgIpc) is 3.04. The van der Waals surface area contributed by atoms with Crippen molar-refractivity contribution >= 4 is 44.6 Å². The Labute approximate surface area is 159 Å². The van der Waals surface area contributed by atoms with Gasteiger partial charge in [0, 0.05) is 4.88 Å². The maximum Gasteiger partial charge on any atom is 0.273 e. The Bertz CT molecular complexity index is 943. The number of hydrogen-bond donors (Lipinski definition) is 3. The van der Waals surface area contributed by atoms with Crippen molar-refractivity contribution in [1.82, 2.24) is 10.0 Å². The van der Waals surface area contributed by atoms with E-state index < -0.39 is 27.8 Å². The van der Waals surface area contributed by atoms with E-state index in [1.807, 2.05) is 4.72 Å².